The van der Waals surface area contributed by atoms with E-state index in [-0.39, 0.29) is 5.91 Å². The second-order valence-corrected chi connectivity index (χ2v) is 8.66. The highest BCUT2D eigenvalue weighted by Crippen LogP contribution is 2.26. The Morgan fingerprint density at radius 3 is 2.48 bits per heavy atom. The average Bonchev–Trinajstić information content (AvgIpc) is 3.19. The van der Waals surface area contributed by atoms with Crippen LogP contribution < -0.4 is 20.9 Å². The van der Waals surface area contributed by atoms with Crippen LogP contribution in [-0.4, -0.2) is 52.0 Å². The molecule has 3 N–H and O–H groups in total. The van der Waals surface area contributed by atoms with Crippen LogP contribution in [0, 0.1) is 27.7 Å². The molecule has 9 nitrogen and oxygen atoms in total. The molecule has 1 aromatic carbocycles. The molecule has 0 atom stereocenters. The lowest BCUT2D eigenvalue weighted by Gasteiger charge is -2.27. The predicted molar refractivity (Wildman–Crippen MR) is 124 cm³/mol. The summed E-state index contributed by atoms with van der Waals surface area (Å²) >= 11 is 1.26. The van der Waals surface area contributed by atoms with E-state index in [9.17, 15) is 4.79 Å². The van der Waals surface area contributed by atoms with Crippen molar-refractivity contribution in [2.24, 2.45) is 0 Å². The normalized spacial score (nSPS) is 13.9. The maximum atomic E-state index is 12.8. The Morgan fingerprint density at radius 1 is 1.06 bits per heavy atom. The molecule has 1 amide bonds. The standard InChI is InChI=1S/C21H26N8OS/c1-12-9-13(2)17(14(3)10-12)26-18(30)16-11-23-21(31-16)28-19-24-15(4)25-20(27-19)29-7-5-22-6-8-29/h9-11,22H,5-8H2,1-4H3,(H,26,30)(H,23,24,25,27,28). The van der Waals surface area contributed by atoms with Crippen molar-refractivity contribution in [3.8, 4) is 0 Å². The van der Waals surface area contributed by atoms with Gasteiger partial charge < -0.3 is 15.5 Å². The summed E-state index contributed by atoms with van der Waals surface area (Å²) in [7, 11) is 0. The summed E-state index contributed by atoms with van der Waals surface area (Å²) < 4.78 is 0. The number of carbonyl (C=O) groups excluding carboxylic acids is 1. The van der Waals surface area contributed by atoms with E-state index in [0.29, 0.717) is 27.7 Å². The molecule has 0 saturated carbocycles. The molecule has 0 spiro atoms. The molecule has 1 fully saturated rings. The number of nitrogens with one attached hydrogen (secondary N) is 3. The molecule has 31 heavy (non-hydrogen) atoms. The minimum atomic E-state index is -0.186. The first-order valence-corrected chi connectivity index (χ1v) is 11.0. The zero-order valence-corrected chi connectivity index (χ0v) is 18.9. The molecule has 3 heterocycles. The fourth-order valence-corrected chi connectivity index (χ4v) is 4.32. The van der Waals surface area contributed by atoms with Crippen molar-refractivity contribution < 1.29 is 4.79 Å². The summed E-state index contributed by atoms with van der Waals surface area (Å²) in [5, 5.41) is 10.0. The highest BCUT2D eigenvalue weighted by molar-refractivity contribution is 7.17. The summed E-state index contributed by atoms with van der Waals surface area (Å²) in [5.41, 5.74) is 4.09. The molecule has 0 unspecified atom stereocenters. The maximum Gasteiger partial charge on any atom is 0.267 e. The van der Waals surface area contributed by atoms with Gasteiger partial charge in [0.15, 0.2) is 5.13 Å². The average molecular weight is 439 g/mol. The Hall–Kier alpha value is -3.11. The second kappa shape index (κ2) is 8.94. The molecule has 1 aliphatic heterocycles. The Kier molecular flexibility index (Phi) is 6.10. The molecule has 0 aliphatic carbocycles. The first-order valence-electron chi connectivity index (χ1n) is 10.2. The smallest absolute Gasteiger partial charge is 0.267 e. The van der Waals surface area contributed by atoms with Gasteiger partial charge in [-0.3, -0.25) is 10.1 Å². The van der Waals surface area contributed by atoms with Gasteiger partial charge in [-0.1, -0.05) is 29.0 Å². The predicted octanol–water partition coefficient (Wildman–Crippen LogP) is 2.97. The van der Waals surface area contributed by atoms with E-state index in [1.54, 1.807) is 6.20 Å². The number of benzene rings is 1. The molecule has 1 saturated heterocycles. The number of aromatic nitrogens is 4. The van der Waals surface area contributed by atoms with Crippen molar-refractivity contribution in [1.29, 1.82) is 0 Å². The van der Waals surface area contributed by atoms with Crippen LogP contribution >= 0.6 is 11.3 Å². The van der Waals surface area contributed by atoms with Gasteiger partial charge in [-0.2, -0.15) is 15.0 Å². The number of hydrogen-bond donors (Lipinski definition) is 3. The Bertz CT molecular complexity index is 1080. The number of carbonyl (C=O) groups is 1. The van der Waals surface area contributed by atoms with Crippen LogP contribution in [0.2, 0.25) is 0 Å². The molecule has 4 rings (SSSR count). The summed E-state index contributed by atoms with van der Waals surface area (Å²) in [6.45, 7) is 11.4. The summed E-state index contributed by atoms with van der Waals surface area (Å²) in [6, 6.07) is 4.11. The SMILES string of the molecule is Cc1cc(C)c(NC(=O)c2cnc(Nc3nc(C)nc(N4CCNCC4)n3)s2)c(C)c1. The molecule has 1 aliphatic rings. The van der Waals surface area contributed by atoms with Crippen molar-refractivity contribution in [1.82, 2.24) is 25.3 Å². The highest BCUT2D eigenvalue weighted by Gasteiger charge is 2.17. The molecule has 3 aromatic rings. The van der Waals surface area contributed by atoms with Crippen LogP contribution in [0.4, 0.5) is 22.7 Å². The fourth-order valence-electron chi connectivity index (χ4n) is 3.61. The Balaban J connectivity index is 1.48. The zero-order valence-electron chi connectivity index (χ0n) is 18.1. The van der Waals surface area contributed by atoms with Crippen LogP contribution in [0.3, 0.4) is 0 Å². The molecule has 2 aromatic heterocycles. The van der Waals surface area contributed by atoms with E-state index in [1.165, 1.54) is 16.9 Å². The van der Waals surface area contributed by atoms with E-state index >= 15 is 0 Å². The number of thiazole rings is 1. The highest BCUT2D eigenvalue weighted by atomic mass is 32.1. The van der Waals surface area contributed by atoms with Crippen LogP contribution in [-0.2, 0) is 0 Å². The van der Waals surface area contributed by atoms with Crippen molar-refractivity contribution in [2.45, 2.75) is 27.7 Å². The number of anilines is 4. The van der Waals surface area contributed by atoms with Gasteiger partial charge in [0.25, 0.3) is 5.91 Å². The van der Waals surface area contributed by atoms with Gasteiger partial charge in [0, 0.05) is 31.9 Å². The van der Waals surface area contributed by atoms with Gasteiger partial charge in [-0.15, -0.1) is 0 Å². The van der Waals surface area contributed by atoms with E-state index in [1.807, 2.05) is 27.7 Å². The van der Waals surface area contributed by atoms with E-state index in [2.05, 4.69) is 52.9 Å². The first-order chi connectivity index (χ1) is 14.9. The molecular weight excluding hydrogens is 412 g/mol. The monoisotopic (exact) mass is 438 g/mol. The maximum absolute atomic E-state index is 12.8. The summed E-state index contributed by atoms with van der Waals surface area (Å²) in [5.74, 6) is 1.52. The van der Waals surface area contributed by atoms with Crippen molar-refractivity contribution in [3.63, 3.8) is 0 Å². The number of nitrogens with zero attached hydrogens (tertiary/aromatic N) is 5. The van der Waals surface area contributed by atoms with Crippen LogP contribution in [0.5, 0.6) is 0 Å². The van der Waals surface area contributed by atoms with Crippen LogP contribution in [0.1, 0.15) is 32.2 Å². The Morgan fingerprint density at radius 2 is 1.77 bits per heavy atom. The summed E-state index contributed by atoms with van der Waals surface area (Å²) in [4.78, 5) is 33.1. The number of aryl methyl sites for hydroxylation is 4. The third-order valence-corrected chi connectivity index (χ3v) is 5.91. The quantitative estimate of drug-likeness (QED) is 0.558. The van der Waals surface area contributed by atoms with E-state index < -0.39 is 0 Å². The first kappa shape index (κ1) is 21.1. The molecule has 0 radical (unpaired) electrons. The molecule has 162 valence electrons. The van der Waals surface area contributed by atoms with Gasteiger partial charge in [0.2, 0.25) is 11.9 Å². The van der Waals surface area contributed by atoms with Gasteiger partial charge in [0.1, 0.15) is 10.7 Å². The van der Waals surface area contributed by atoms with Gasteiger partial charge in [-0.25, -0.2) is 4.98 Å². The Labute approximate surface area is 185 Å². The number of piperazine rings is 1. The zero-order chi connectivity index (χ0) is 22.0. The lowest BCUT2D eigenvalue weighted by atomic mass is 10.1. The van der Waals surface area contributed by atoms with Crippen molar-refractivity contribution >= 4 is 40.0 Å². The van der Waals surface area contributed by atoms with Crippen molar-refractivity contribution in [2.75, 3.05) is 41.7 Å². The fraction of sp³-hybridized carbons (Fsp3) is 0.381. The number of amides is 1. The third-order valence-electron chi connectivity index (χ3n) is 5.00. The molecule has 10 heteroatoms. The molecular formula is C21H26N8OS. The lowest BCUT2D eigenvalue weighted by molar-refractivity contribution is 0.103. The van der Waals surface area contributed by atoms with E-state index in [0.717, 1.165) is 43.0 Å². The van der Waals surface area contributed by atoms with Crippen molar-refractivity contribution in [3.05, 3.63) is 45.7 Å². The number of rotatable bonds is 5. The topological polar surface area (TPSA) is 108 Å². The second-order valence-electron chi connectivity index (χ2n) is 7.63. The van der Waals surface area contributed by atoms with Gasteiger partial charge in [-0.05, 0) is 38.8 Å². The third kappa shape index (κ3) is 4.97. The lowest BCUT2D eigenvalue weighted by Crippen LogP contribution is -2.44. The largest absolute Gasteiger partial charge is 0.338 e. The van der Waals surface area contributed by atoms with Crippen LogP contribution in [0.25, 0.3) is 0 Å². The van der Waals surface area contributed by atoms with Gasteiger partial charge in [0.05, 0.1) is 6.20 Å². The summed E-state index contributed by atoms with van der Waals surface area (Å²) in [6.07, 6.45) is 1.56. The van der Waals surface area contributed by atoms with Crippen LogP contribution in [0.15, 0.2) is 18.3 Å². The molecule has 0 bridgehead atoms. The minimum absolute atomic E-state index is 0.186. The van der Waals surface area contributed by atoms with E-state index in [4.69, 9.17) is 0 Å². The van der Waals surface area contributed by atoms with Gasteiger partial charge >= 0.3 is 0 Å². The minimum Gasteiger partial charge on any atom is -0.338 e. The number of hydrogen-bond acceptors (Lipinski definition) is 9.